The Morgan fingerprint density at radius 3 is 2.58 bits per heavy atom. The van der Waals surface area contributed by atoms with E-state index in [2.05, 4.69) is 5.32 Å². The molecule has 1 amide bonds. The normalized spacial score (nSPS) is 13.4. The highest BCUT2D eigenvalue weighted by atomic mass is 32.2. The summed E-state index contributed by atoms with van der Waals surface area (Å²) in [5.74, 6) is -0.440. The molecule has 0 atom stereocenters. The first-order chi connectivity index (χ1) is 14.8. The standard InChI is InChI=1S/C23H21FN2O4S/c1-31(28,29)26-14-6-7-16-15-17(12-13-20(16)26)23(27)25-22-19(24)10-5-11-21(22)30-18-8-3-2-4-9-18/h2-5,8-13,15H,6-7,14H2,1H3,(H,25,27). The molecule has 0 spiro atoms. The summed E-state index contributed by atoms with van der Waals surface area (Å²) in [5.41, 5.74) is 1.58. The van der Waals surface area contributed by atoms with E-state index in [1.54, 1.807) is 42.5 Å². The molecular weight excluding hydrogens is 419 g/mol. The van der Waals surface area contributed by atoms with Crippen LogP contribution in [0.1, 0.15) is 22.3 Å². The zero-order valence-electron chi connectivity index (χ0n) is 16.8. The van der Waals surface area contributed by atoms with Gasteiger partial charge < -0.3 is 10.1 Å². The van der Waals surface area contributed by atoms with E-state index >= 15 is 0 Å². The Balaban J connectivity index is 1.61. The number of ether oxygens (including phenoxy) is 1. The van der Waals surface area contributed by atoms with Crippen LogP contribution < -0.4 is 14.4 Å². The third kappa shape index (κ3) is 4.54. The largest absolute Gasteiger partial charge is 0.455 e. The molecule has 0 unspecified atom stereocenters. The van der Waals surface area contributed by atoms with E-state index in [9.17, 15) is 17.6 Å². The fourth-order valence-electron chi connectivity index (χ4n) is 3.56. The third-order valence-corrected chi connectivity index (χ3v) is 6.18. The van der Waals surface area contributed by atoms with Crippen LogP contribution >= 0.6 is 0 Å². The summed E-state index contributed by atoms with van der Waals surface area (Å²) in [7, 11) is -3.40. The Morgan fingerprint density at radius 2 is 1.84 bits per heavy atom. The number of para-hydroxylation sites is 2. The average Bonchev–Trinajstić information content (AvgIpc) is 2.75. The third-order valence-electron chi connectivity index (χ3n) is 5.00. The number of nitrogens with one attached hydrogen (secondary N) is 1. The lowest BCUT2D eigenvalue weighted by molar-refractivity contribution is 0.102. The molecule has 8 heteroatoms. The summed E-state index contributed by atoms with van der Waals surface area (Å²) in [6.45, 7) is 0.410. The smallest absolute Gasteiger partial charge is 0.255 e. The van der Waals surface area contributed by atoms with E-state index < -0.39 is 21.7 Å². The van der Waals surface area contributed by atoms with Gasteiger partial charge in [-0.05, 0) is 60.9 Å². The Labute approximate surface area is 180 Å². The molecular formula is C23H21FN2O4S. The highest BCUT2D eigenvalue weighted by Gasteiger charge is 2.25. The fraction of sp³-hybridized carbons (Fsp3) is 0.174. The minimum absolute atomic E-state index is 0.0631. The number of amides is 1. The van der Waals surface area contributed by atoms with Crippen molar-refractivity contribution in [3.63, 3.8) is 0 Å². The lowest BCUT2D eigenvalue weighted by atomic mass is 10.0. The molecule has 0 saturated heterocycles. The lowest BCUT2D eigenvalue weighted by Crippen LogP contribution is -2.34. The predicted octanol–water partition coefficient (Wildman–Crippen LogP) is 4.58. The van der Waals surface area contributed by atoms with Crippen LogP contribution in [0.5, 0.6) is 11.5 Å². The van der Waals surface area contributed by atoms with Gasteiger partial charge in [0.1, 0.15) is 11.4 Å². The summed E-state index contributed by atoms with van der Waals surface area (Å²) in [4.78, 5) is 12.9. The second-order valence-electron chi connectivity index (χ2n) is 7.26. The average molecular weight is 440 g/mol. The zero-order chi connectivity index (χ0) is 22.0. The van der Waals surface area contributed by atoms with Gasteiger partial charge >= 0.3 is 0 Å². The quantitative estimate of drug-likeness (QED) is 0.630. The predicted molar refractivity (Wildman–Crippen MR) is 118 cm³/mol. The van der Waals surface area contributed by atoms with Gasteiger partial charge in [-0.2, -0.15) is 0 Å². The monoisotopic (exact) mass is 440 g/mol. The SMILES string of the molecule is CS(=O)(=O)N1CCCc2cc(C(=O)Nc3c(F)cccc3Oc3ccccc3)ccc21. The fourth-order valence-corrected chi connectivity index (χ4v) is 4.56. The number of halogens is 1. The molecule has 1 aliphatic rings. The first kappa shape index (κ1) is 20.9. The first-order valence-electron chi connectivity index (χ1n) is 9.76. The maximum atomic E-state index is 14.5. The van der Waals surface area contributed by atoms with Crippen LogP contribution in [-0.4, -0.2) is 27.1 Å². The maximum absolute atomic E-state index is 14.5. The summed E-state index contributed by atoms with van der Waals surface area (Å²) in [6.07, 6.45) is 2.48. The summed E-state index contributed by atoms with van der Waals surface area (Å²) in [6, 6.07) is 18.0. The van der Waals surface area contributed by atoms with Crippen LogP contribution in [0.2, 0.25) is 0 Å². The minimum Gasteiger partial charge on any atom is -0.455 e. The lowest BCUT2D eigenvalue weighted by Gasteiger charge is -2.29. The van der Waals surface area contributed by atoms with Crippen LogP contribution in [0.4, 0.5) is 15.8 Å². The van der Waals surface area contributed by atoms with Gasteiger partial charge in [0.25, 0.3) is 5.91 Å². The van der Waals surface area contributed by atoms with E-state index in [4.69, 9.17) is 4.74 Å². The molecule has 160 valence electrons. The van der Waals surface area contributed by atoms with Gasteiger partial charge in [-0.3, -0.25) is 9.10 Å². The molecule has 0 radical (unpaired) electrons. The molecule has 3 aromatic carbocycles. The van der Waals surface area contributed by atoms with Crippen molar-refractivity contribution >= 4 is 27.3 Å². The van der Waals surface area contributed by atoms with Crippen LogP contribution in [0.25, 0.3) is 0 Å². The van der Waals surface area contributed by atoms with Crippen molar-refractivity contribution in [3.05, 3.63) is 83.7 Å². The van der Waals surface area contributed by atoms with Gasteiger partial charge in [0, 0.05) is 12.1 Å². The van der Waals surface area contributed by atoms with Crippen LogP contribution in [0.3, 0.4) is 0 Å². The number of nitrogens with zero attached hydrogens (tertiary/aromatic N) is 1. The Morgan fingerprint density at radius 1 is 1.06 bits per heavy atom. The number of hydrogen-bond donors (Lipinski definition) is 1. The maximum Gasteiger partial charge on any atom is 0.255 e. The number of anilines is 2. The van der Waals surface area contributed by atoms with Gasteiger partial charge in [0.15, 0.2) is 11.6 Å². The van der Waals surface area contributed by atoms with E-state index in [0.717, 1.165) is 11.8 Å². The summed E-state index contributed by atoms with van der Waals surface area (Å²) >= 11 is 0. The molecule has 1 aliphatic heterocycles. The molecule has 0 fully saturated rings. The van der Waals surface area contributed by atoms with Crippen molar-refractivity contribution in [1.29, 1.82) is 0 Å². The van der Waals surface area contributed by atoms with Crippen molar-refractivity contribution < 1.29 is 22.3 Å². The number of carbonyl (C=O) groups excluding carboxylic acids is 1. The van der Waals surface area contributed by atoms with E-state index in [0.29, 0.717) is 36.4 Å². The van der Waals surface area contributed by atoms with Crippen molar-refractivity contribution in [2.75, 3.05) is 22.4 Å². The Bertz CT molecular complexity index is 1230. The summed E-state index contributed by atoms with van der Waals surface area (Å²) in [5, 5.41) is 2.59. The van der Waals surface area contributed by atoms with Crippen LogP contribution in [0, 0.1) is 5.82 Å². The van der Waals surface area contributed by atoms with Crippen molar-refractivity contribution in [2.24, 2.45) is 0 Å². The van der Waals surface area contributed by atoms with Gasteiger partial charge in [-0.1, -0.05) is 24.3 Å². The molecule has 31 heavy (non-hydrogen) atoms. The highest BCUT2D eigenvalue weighted by molar-refractivity contribution is 7.92. The number of benzene rings is 3. The number of hydrogen-bond acceptors (Lipinski definition) is 4. The molecule has 0 aliphatic carbocycles. The number of carbonyl (C=O) groups is 1. The van der Waals surface area contributed by atoms with Gasteiger partial charge in [-0.25, -0.2) is 12.8 Å². The molecule has 1 heterocycles. The van der Waals surface area contributed by atoms with Gasteiger partial charge in [0.05, 0.1) is 11.9 Å². The van der Waals surface area contributed by atoms with Crippen molar-refractivity contribution in [3.8, 4) is 11.5 Å². The number of fused-ring (bicyclic) bond motifs is 1. The van der Waals surface area contributed by atoms with Crippen molar-refractivity contribution in [1.82, 2.24) is 0 Å². The van der Waals surface area contributed by atoms with Gasteiger partial charge in [-0.15, -0.1) is 0 Å². The second-order valence-corrected chi connectivity index (χ2v) is 9.17. The molecule has 1 N–H and O–H groups in total. The summed E-state index contributed by atoms with van der Waals surface area (Å²) < 4.78 is 45.7. The van der Waals surface area contributed by atoms with E-state index in [1.807, 2.05) is 6.07 Å². The number of sulfonamides is 1. The molecule has 0 bridgehead atoms. The Kier molecular flexibility index (Phi) is 5.65. The topological polar surface area (TPSA) is 75.7 Å². The molecule has 0 aromatic heterocycles. The van der Waals surface area contributed by atoms with Crippen LogP contribution in [-0.2, 0) is 16.4 Å². The molecule has 6 nitrogen and oxygen atoms in total. The first-order valence-corrected chi connectivity index (χ1v) is 11.6. The Hall–Kier alpha value is -3.39. The minimum atomic E-state index is -3.40. The second kappa shape index (κ2) is 8.39. The van der Waals surface area contributed by atoms with Crippen molar-refractivity contribution in [2.45, 2.75) is 12.8 Å². The van der Waals surface area contributed by atoms with E-state index in [-0.39, 0.29) is 11.4 Å². The zero-order valence-corrected chi connectivity index (χ0v) is 17.7. The van der Waals surface area contributed by atoms with Crippen LogP contribution in [0.15, 0.2) is 66.7 Å². The molecule has 0 saturated carbocycles. The highest BCUT2D eigenvalue weighted by Crippen LogP contribution is 2.33. The number of rotatable bonds is 5. The molecule has 4 rings (SSSR count). The number of aryl methyl sites for hydroxylation is 1. The molecule has 3 aromatic rings. The van der Waals surface area contributed by atoms with E-state index in [1.165, 1.54) is 22.5 Å². The van der Waals surface area contributed by atoms with Gasteiger partial charge in [0.2, 0.25) is 10.0 Å².